The monoisotopic (exact) mass is 513 g/mol. The van der Waals surface area contributed by atoms with Crippen LogP contribution in [-0.2, 0) is 14.8 Å². The first-order valence-corrected chi connectivity index (χ1v) is 14.2. The van der Waals surface area contributed by atoms with Crippen molar-refractivity contribution in [3.8, 4) is 11.1 Å². The minimum atomic E-state index is -3.38. The van der Waals surface area contributed by atoms with Crippen molar-refractivity contribution in [3.63, 3.8) is 0 Å². The number of amides is 1. The van der Waals surface area contributed by atoms with Gasteiger partial charge in [-0.1, -0.05) is 24.3 Å². The quantitative estimate of drug-likeness (QED) is 0.619. The molecule has 0 spiro atoms. The van der Waals surface area contributed by atoms with Gasteiger partial charge in [-0.25, -0.2) is 22.3 Å². The fourth-order valence-electron chi connectivity index (χ4n) is 6.40. The van der Waals surface area contributed by atoms with Gasteiger partial charge in [-0.05, 0) is 86.1 Å². The molecule has 1 amide bonds. The van der Waals surface area contributed by atoms with Crippen LogP contribution in [0.5, 0.6) is 0 Å². The zero-order valence-electron chi connectivity index (χ0n) is 20.3. The summed E-state index contributed by atoms with van der Waals surface area (Å²) in [7, 11) is -3.38. The zero-order valence-corrected chi connectivity index (χ0v) is 21.1. The summed E-state index contributed by atoms with van der Waals surface area (Å²) in [5.41, 5.74) is 2.31. The lowest BCUT2D eigenvalue weighted by Crippen LogP contribution is -2.49. The van der Waals surface area contributed by atoms with E-state index >= 15 is 0 Å². The molecule has 0 radical (unpaired) electrons. The molecule has 5 rings (SSSR count). The molecule has 0 bridgehead atoms. The number of carbonyl (C=O) groups is 1. The summed E-state index contributed by atoms with van der Waals surface area (Å²) in [4.78, 5) is 16.5. The first kappa shape index (κ1) is 24.9. The summed E-state index contributed by atoms with van der Waals surface area (Å²) in [6.45, 7) is 2.59. The number of nitrogens with one attached hydrogen (secondary N) is 2. The van der Waals surface area contributed by atoms with Gasteiger partial charge in [0.05, 0.1) is 17.6 Å². The number of hydrogen-bond acceptors (Lipinski definition) is 5. The van der Waals surface area contributed by atoms with E-state index in [1.54, 1.807) is 19.2 Å². The number of allylic oxidation sites excluding steroid dienone is 1. The maximum absolute atomic E-state index is 13.6. The molecule has 1 aliphatic heterocycles. The topological polar surface area (TPSA) is 97.4 Å². The van der Waals surface area contributed by atoms with Crippen molar-refractivity contribution in [2.75, 3.05) is 13.2 Å². The van der Waals surface area contributed by atoms with Crippen molar-refractivity contribution >= 4 is 22.2 Å². The van der Waals surface area contributed by atoms with Crippen molar-refractivity contribution in [1.29, 1.82) is 0 Å². The van der Waals surface area contributed by atoms with Gasteiger partial charge < -0.3 is 10.1 Å². The lowest BCUT2D eigenvalue weighted by atomic mass is 9.61. The molecule has 2 aliphatic carbocycles. The van der Waals surface area contributed by atoms with Gasteiger partial charge in [-0.3, -0.25) is 4.98 Å². The number of pyridine rings is 1. The van der Waals surface area contributed by atoms with Crippen LogP contribution in [0.3, 0.4) is 0 Å². The number of aromatic nitrogens is 1. The fraction of sp³-hybridized carbons (Fsp3) is 0.481. The number of halogens is 1. The van der Waals surface area contributed by atoms with Crippen molar-refractivity contribution in [1.82, 2.24) is 15.0 Å². The number of nitrogens with zero attached hydrogens (tertiary/aromatic N) is 1. The molecule has 2 aromatic rings. The third kappa shape index (κ3) is 5.18. The zero-order chi connectivity index (χ0) is 25.3. The SMILES string of the molecule is CCOC(=O)N[C@@H]1CC[C@@H]2[C@@H](C1)C[C@H]1CNS(=O)(=O)[C@H]1[C@H]2/C=C/c1ccc(-c2cccc(F)c2)cn1. The largest absolute Gasteiger partial charge is 0.450 e. The highest BCUT2D eigenvalue weighted by atomic mass is 32.2. The van der Waals surface area contributed by atoms with Crippen LogP contribution < -0.4 is 10.0 Å². The molecule has 36 heavy (non-hydrogen) atoms. The Labute approximate surface area is 211 Å². The summed E-state index contributed by atoms with van der Waals surface area (Å²) >= 11 is 0. The second kappa shape index (κ2) is 10.3. The molecule has 1 aromatic heterocycles. The Morgan fingerprint density at radius 3 is 2.81 bits per heavy atom. The average molecular weight is 514 g/mol. The lowest BCUT2D eigenvalue weighted by Gasteiger charge is -2.47. The Balaban J connectivity index is 1.35. The minimum absolute atomic E-state index is 0.0504. The van der Waals surface area contributed by atoms with E-state index in [9.17, 15) is 17.6 Å². The van der Waals surface area contributed by atoms with Crippen LogP contribution in [0.2, 0.25) is 0 Å². The van der Waals surface area contributed by atoms with E-state index in [2.05, 4.69) is 15.0 Å². The molecule has 1 aromatic carbocycles. The van der Waals surface area contributed by atoms with E-state index in [0.717, 1.165) is 42.5 Å². The van der Waals surface area contributed by atoms with Crippen LogP contribution in [0.4, 0.5) is 9.18 Å². The molecule has 2 heterocycles. The third-order valence-electron chi connectivity index (χ3n) is 7.92. The lowest BCUT2D eigenvalue weighted by molar-refractivity contribution is 0.0802. The number of ether oxygens (including phenoxy) is 1. The number of benzene rings is 1. The molecule has 192 valence electrons. The summed E-state index contributed by atoms with van der Waals surface area (Å²) in [6, 6.07) is 10.2. The van der Waals surface area contributed by atoms with Crippen molar-refractivity contribution in [2.24, 2.45) is 23.7 Å². The molecule has 6 atom stereocenters. The molecule has 9 heteroatoms. The first-order valence-electron chi connectivity index (χ1n) is 12.7. The van der Waals surface area contributed by atoms with Crippen molar-refractivity contribution < 1.29 is 22.3 Å². The van der Waals surface area contributed by atoms with Gasteiger partial charge in [-0.15, -0.1) is 0 Å². The molecule has 2 N–H and O–H groups in total. The van der Waals surface area contributed by atoms with Crippen LogP contribution >= 0.6 is 0 Å². The predicted octanol–water partition coefficient (Wildman–Crippen LogP) is 4.37. The summed E-state index contributed by atoms with van der Waals surface area (Å²) in [6.07, 6.45) is 8.59. The summed E-state index contributed by atoms with van der Waals surface area (Å²) in [5.74, 6) is 0.193. The van der Waals surface area contributed by atoms with E-state index in [-0.39, 0.29) is 35.7 Å². The summed E-state index contributed by atoms with van der Waals surface area (Å²) < 4.78 is 47.3. The average Bonchev–Trinajstić information content (AvgIpc) is 3.16. The van der Waals surface area contributed by atoms with E-state index in [4.69, 9.17) is 4.74 Å². The number of alkyl carbamates (subject to hydrolysis) is 1. The Kier molecular flexibility index (Phi) is 7.12. The van der Waals surface area contributed by atoms with E-state index in [1.165, 1.54) is 12.1 Å². The van der Waals surface area contributed by atoms with E-state index in [0.29, 0.717) is 19.1 Å². The van der Waals surface area contributed by atoms with Gasteiger partial charge in [0, 0.05) is 24.3 Å². The molecular weight excluding hydrogens is 481 g/mol. The summed E-state index contributed by atoms with van der Waals surface area (Å²) in [5, 5.41) is 2.53. The van der Waals surface area contributed by atoms with Crippen LogP contribution in [-0.4, -0.2) is 43.9 Å². The van der Waals surface area contributed by atoms with E-state index in [1.807, 2.05) is 30.4 Å². The molecule has 1 saturated heterocycles. The van der Waals surface area contributed by atoms with Crippen molar-refractivity contribution in [2.45, 2.75) is 43.9 Å². The number of fused-ring (bicyclic) bond motifs is 2. The van der Waals surface area contributed by atoms with Crippen LogP contribution in [0.25, 0.3) is 17.2 Å². The number of rotatable bonds is 5. The number of hydrogen-bond donors (Lipinski definition) is 2. The Morgan fingerprint density at radius 1 is 1.19 bits per heavy atom. The predicted molar refractivity (Wildman–Crippen MR) is 136 cm³/mol. The standard InChI is InChI=1S/C27H32FN3O4S/c1-2-35-27(32)31-23-9-10-24-19(14-23)12-20-16-30-36(33,34)26(20)25(24)11-8-22-7-6-18(15-29-22)17-4-3-5-21(28)13-17/h3-8,11,13,15,19-20,23-26,30H,2,9-10,12,14,16H2,1H3,(H,31,32)/b11-8+/t19-,20+,23-,24-,25+,26-/m1/s1. The highest BCUT2D eigenvalue weighted by Gasteiger charge is 2.53. The van der Waals surface area contributed by atoms with Gasteiger partial charge in [0.2, 0.25) is 10.0 Å². The normalized spacial score (nSPS) is 30.9. The number of carbonyl (C=O) groups excluding carboxylic acids is 1. The van der Waals surface area contributed by atoms with Gasteiger partial charge in [0.1, 0.15) is 5.82 Å². The van der Waals surface area contributed by atoms with Gasteiger partial charge in [-0.2, -0.15) is 0 Å². The molecule has 2 saturated carbocycles. The third-order valence-corrected chi connectivity index (χ3v) is 9.91. The second-order valence-corrected chi connectivity index (χ2v) is 12.0. The second-order valence-electron chi connectivity index (χ2n) is 10.1. The smallest absolute Gasteiger partial charge is 0.407 e. The Hall–Kier alpha value is -2.78. The molecule has 3 fully saturated rings. The maximum atomic E-state index is 13.6. The minimum Gasteiger partial charge on any atom is -0.450 e. The molecule has 0 unspecified atom stereocenters. The van der Waals surface area contributed by atoms with Crippen molar-refractivity contribution in [3.05, 3.63) is 60.2 Å². The maximum Gasteiger partial charge on any atom is 0.407 e. The Morgan fingerprint density at radius 2 is 2.06 bits per heavy atom. The molecular formula is C27H32FN3O4S. The van der Waals surface area contributed by atoms with Gasteiger partial charge >= 0.3 is 6.09 Å². The van der Waals surface area contributed by atoms with Gasteiger partial charge in [0.25, 0.3) is 0 Å². The van der Waals surface area contributed by atoms with Crippen LogP contribution in [0.1, 0.15) is 38.3 Å². The molecule has 3 aliphatic rings. The van der Waals surface area contributed by atoms with Gasteiger partial charge in [0.15, 0.2) is 0 Å². The first-order chi connectivity index (χ1) is 17.3. The number of sulfonamides is 1. The highest BCUT2D eigenvalue weighted by Crippen LogP contribution is 2.50. The molecule has 7 nitrogen and oxygen atoms in total. The Bertz CT molecular complexity index is 1230. The van der Waals surface area contributed by atoms with Crippen LogP contribution in [0, 0.1) is 29.5 Å². The highest BCUT2D eigenvalue weighted by molar-refractivity contribution is 7.90. The van der Waals surface area contributed by atoms with E-state index < -0.39 is 15.3 Å². The van der Waals surface area contributed by atoms with Crippen LogP contribution in [0.15, 0.2) is 48.7 Å². The fourth-order valence-corrected chi connectivity index (χ4v) is 8.46.